The zero-order valence-electron chi connectivity index (χ0n) is 18.9. The van der Waals surface area contributed by atoms with Gasteiger partial charge in [0.05, 0.1) is 6.42 Å². The highest BCUT2D eigenvalue weighted by Gasteiger charge is 2.30. The first kappa shape index (κ1) is 24.0. The molecule has 174 valence electrons. The molecule has 3 rings (SSSR count). The van der Waals surface area contributed by atoms with Crippen LogP contribution in [0.3, 0.4) is 0 Å². The van der Waals surface area contributed by atoms with Crippen LogP contribution in [0.5, 0.6) is 0 Å². The lowest BCUT2D eigenvalue weighted by atomic mass is 9.98. The molecule has 0 aromatic heterocycles. The monoisotopic (exact) mass is 450 g/mol. The van der Waals surface area contributed by atoms with Crippen molar-refractivity contribution in [3.63, 3.8) is 0 Å². The van der Waals surface area contributed by atoms with Crippen LogP contribution in [0.4, 0.5) is 4.79 Å². The van der Waals surface area contributed by atoms with E-state index in [1.807, 2.05) is 50.2 Å². The van der Waals surface area contributed by atoms with E-state index in [2.05, 4.69) is 29.3 Å². The number of hydrogen-bond acceptors (Lipinski definition) is 4. The predicted molar refractivity (Wildman–Crippen MR) is 126 cm³/mol. The number of amides is 2. The molecule has 0 radical (unpaired) electrons. The summed E-state index contributed by atoms with van der Waals surface area (Å²) in [5.41, 5.74) is 4.45. The number of ether oxygens (including phenoxy) is 1. The first-order valence-electron chi connectivity index (χ1n) is 11.1. The van der Waals surface area contributed by atoms with Gasteiger partial charge in [-0.25, -0.2) is 4.79 Å². The smallest absolute Gasteiger partial charge is 0.407 e. The van der Waals surface area contributed by atoms with Gasteiger partial charge in [0.25, 0.3) is 0 Å². The molecular formula is C26H30N2O5. The molecule has 0 heterocycles. The van der Waals surface area contributed by atoms with Gasteiger partial charge >= 0.3 is 12.1 Å². The van der Waals surface area contributed by atoms with Crippen LogP contribution in [0.2, 0.25) is 0 Å². The van der Waals surface area contributed by atoms with Crippen molar-refractivity contribution in [3.05, 3.63) is 72.3 Å². The van der Waals surface area contributed by atoms with Crippen LogP contribution in [0.15, 0.2) is 61.2 Å². The minimum Gasteiger partial charge on any atom is -0.481 e. The number of alkyl carbamates (subject to hydrolysis) is 1. The number of carboxylic acids is 1. The Morgan fingerprint density at radius 3 is 2.12 bits per heavy atom. The maximum absolute atomic E-state index is 12.7. The molecule has 2 aromatic carbocycles. The predicted octanol–water partition coefficient (Wildman–Crippen LogP) is 4.09. The van der Waals surface area contributed by atoms with E-state index in [0.717, 1.165) is 22.3 Å². The SMILES string of the molecule is C=CCC(NC(=O)OCC1c2ccccc2-c2ccccc21)C(=O)N[C@@H](CC(=O)O)C(C)C. The van der Waals surface area contributed by atoms with Crippen LogP contribution in [-0.2, 0) is 14.3 Å². The third kappa shape index (κ3) is 5.80. The zero-order valence-corrected chi connectivity index (χ0v) is 18.9. The summed E-state index contributed by atoms with van der Waals surface area (Å²) in [7, 11) is 0. The normalized spacial score (nSPS) is 14.0. The number of rotatable bonds is 10. The van der Waals surface area contributed by atoms with E-state index in [1.165, 1.54) is 6.08 Å². The Balaban J connectivity index is 1.64. The maximum Gasteiger partial charge on any atom is 0.407 e. The van der Waals surface area contributed by atoms with Crippen molar-refractivity contribution >= 4 is 18.0 Å². The van der Waals surface area contributed by atoms with Crippen molar-refractivity contribution in [1.82, 2.24) is 10.6 Å². The summed E-state index contributed by atoms with van der Waals surface area (Å²) in [6.07, 6.45) is 0.803. The third-order valence-electron chi connectivity index (χ3n) is 5.88. The fourth-order valence-corrected chi connectivity index (χ4v) is 4.11. The molecule has 7 nitrogen and oxygen atoms in total. The molecule has 0 spiro atoms. The quantitative estimate of drug-likeness (QED) is 0.473. The Morgan fingerprint density at radius 1 is 1.03 bits per heavy atom. The number of nitrogens with one attached hydrogen (secondary N) is 2. The lowest BCUT2D eigenvalue weighted by Crippen LogP contribution is -2.51. The van der Waals surface area contributed by atoms with Crippen molar-refractivity contribution in [2.75, 3.05) is 6.61 Å². The highest BCUT2D eigenvalue weighted by atomic mass is 16.5. The molecule has 2 aromatic rings. The first-order chi connectivity index (χ1) is 15.8. The van der Waals surface area contributed by atoms with E-state index >= 15 is 0 Å². The summed E-state index contributed by atoms with van der Waals surface area (Å²) in [4.78, 5) is 36.4. The number of benzene rings is 2. The molecule has 2 amide bonds. The number of hydrogen-bond donors (Lipinski definition) is 3. The second-order valence-corrected chi connectivity index (χ2v) is 8.50. The van der Waals surface area contributed by atoms with Gasteiger partial charge in [-0.15, -0.1) is 6.58 Å². The summed E-state index contributed by atoms with van der Waals surface area (Å²) in [6.45, 7) is 7.44. The number of carbonyl (C=O) groups excluding carboxylic acids is 2. The molecular weight excluding hydrogens is 420 g/mol. The number of carbonyl (C=O) groups is 3. The van der Waals surface area contributed by atoms with E-state index in [-0.39, 0.29) is 31.3 Å². The summed E-state index contributed by atoms with van der Waals surface area (Å²) in [6, 6.07) is 14.6. The molecule has 1 unspecified atom stereocenters. The van der Waals surface area contributed by atoms with Crippen LogP contribution in [0.1, 0.15) is 43.7 Å². The fraction of sp³-hybridized carbons (Fsp3) is 0.346. The molecule has 0 fully saturated rings. The van der Waals surface area contributed by atoms with Gasteiger partial charge < -0.3 is 20.5 Å². The van der Waals surface area contributed by atoms with E-state index in [9.17, 15) is 14.4 Å². The molecule has 0 bridgehead atoms. The Labute approximate surface area is 193 Å². The Hall–Kier alpha value is -3.61. The first-order valence-corrected chi connectivity index (χ1v) is 11.1. The van der Waals surface area contributed by atoms with Crippen molar-refractivity contribution < 1.29 is 24.2 Å². The molecule has 0 saturated heterocycles. The number of aliphatic carboxylic acids is 1. The minimum atomic E-state index is -1.00. The van der Waals surface area contributed by atoms with E-state index < -0.39 is 30.1 Å². The van der Waals surface area contributed by atoms with E-state index in [0.29, 0.717) is 0 Å². The van der Waals surface area contributed by atoms with Crippen molar-refractivity contribution in [3.8, 4) is 11.1 Å². The number of carboxylic acid groups (broad SMARTS) is 1. The van der Waals surface area contributed by atoms with Crippen LogP contribution in [0.25, 0.3) is 11.1 Å². The van der Waals surface area contributed by atoms with Gasteiger partial charge in [0.15, 0.2) is 0 Å². The summed E-state index contributed by atoms with van der Waals surface area (Å²) >= 11 is 0. The van der Waals surface area contributed by atoms with Crippen LogP contribution in [-0.4, -0.2) is 41.8 Å². The molecule has 1 aliphatic carbocycles. The zero-order chi connectivity index (χ0) is 24.0. The molecule has 0 aliphatic heterocycles. The fourth-order valence-electron chi connectivity index (χ4n) is 4.11. The van der Waals surface area contributed by atoms with Crippen molar-refractivity contribution in [2.45, 2.75) is 44.7 Å². The molecule has 2 atom stereocenters. The average molecular weight is 451 g/mol. The third-order valence-corrected chi connectivity index (χ3v) is 5.88. The van der Waals surface area contributed by atoms with Gasteiger partial charge in [-0.2, -0.15) is 0 Å². The average Bonchev–Trinajstić information content (AvgIpc) is 3.10. The summed E-state index contributed by atoms with van der Waals surface area (Å²) in [5.74, 6) is -1.64. The van der Waals surface area contributed by atoms with Crippen LogP contribution < -0.4 is 10.6 Å². The molecule has 7 heteroatoms. The summed E-state index contributed by atoms with van der Waals surface area (Å²) in [5, 5.41) is 14.4. The van der Waals surface area contributed by atoms with Crippen molar-refractivity contribution in [2.24, 2.45) is 5.92 Å². The van der Waals surface area contributed by atoms with Gasteiger partial charge in [-0.3, -0.25) is 9.59 Å². The van der Waals surface area contributed by atoms with Gasteiger partial charge in [0, 0.05) is 12.0 Å². The molecule has 33 heavy (non-hydrogen) atoms. The highest BCUT2D eigenvalue weighted by molar-refractivity contribution is 5.86. The Morgan fingerprint density at radius 2 is 1.61 bits per heavy atom. The standard InChI is InChI=1S/C26H30N2O5/c1-4-9-22(25(31)27-23(16(2)3)14-24(29)30)28-26(32)33-15-21-19-12-7-5-10-17(19)18-11-6-8-13-20(18)21/h4-8,10-13,16,21-23H,1,9,14-15H2,2-3H3,(H,27,31)(H,28,32)(H,29,30)/t22?,23-/m0/s1. The van der Waals surface area contributed by atoms with Gasteiger partial charge in [0.2, 0.25) is 5.91 Å². The second-order valence-electron chi connectivity index (χ2n) is 8.50. The van der Waals surface area contributed by atoms with Crippen LogP contribution >= 0.6 is 0 Å². The second kappa shape index (κ2) is 10.8. The van der Waals surface area contributed by atoms with Crippen molar-refractivity contribution in [1.29, 1.82) is 0 Å². The topological polar surface area (TPSA) is 105 Å². The Bertz CT molecular complexity index is 987. The van der Waals surface area contributed by atoms with Gasteiger partial charge in [-0.05, 0) is 34.6 Å². The van der Waals surface area contributed by atoms with Gasteiger partial charge in [-0.1, -0.05) is 68.5 Å². The Kier molecular flexibility index (Phi) is 7.87. The van der Waals surface area contributed by atoms with Gasteiger partial charge in [0.1, 0.15) is 12.6 Å². The van der Waals surface area contributed by atoms with Crippen LogP contribution in [0, 0.1) is 5.92 Å². The highest BCUT2D eigenvalue weighted by Crippen LogP contribution is 2.44. The lowest BCUT2D eigenvalue weighted by molar-refractivity contribution is -0.138. The lowest BCUT2D eigenvalue weighted by Gasteiger charge is -2.24. The maximum atomic E-state index is 12.7. The summed E-state index contributed by atoms with van der Waals surface area (Å²) < 4.78 is 5.53. The van der Waals surface area contributed by atoms with E-state index in [1.54, 1.807) is 0 Å². The minimum absolute atomic E-state index is 0.0797. The molecule has 1 aliphatic rings. The van der Waals surface area contributed by atoms with E-state index in [4.69, 9.17) is 9.84 Å². The number of fused-ring (bicyclic) bond motifs is 3. The molecule has 0 saturated carbocycles. The molecule has 3 N–H and O–H groups in total. The largest absolute Gasteiger partial charge is 0.481 e.